The van der Waals surface area contributed by atoms with Gasteiger partial charge in [0, 0.05) is 11.3 Å². The number of hydrogen-bond donors (Lipinski definition) is 2. The first kappa shape index (κ1) is 12.3. The molecule has 0 aliphatic carbocycles. The molecule has 1 aliphatic heterocycles. The molecule has 0 aromatic rings. The van der Waals surface area contributed by atoms with Crippen LogP contribution < -0.4 is 5.32 Å². The van der Waals surface area contributed by atoms with E-state index < -0.39 is 0 Å². The Balaban J connectivity index is 2.10. The average Bonchev–Trinajstić information content (AvgIpc) is 2.20. The molecular weight excluding hydrogens is 194 g/mol. The Hall–Kier alpha value is 0.270. The molecule has 0 radical (unpaired) electrons. The predicted octanol–water partition coefficient (Wildman–Crippen LogP) is 2.02. The van der Waals surface area contributed by atoms with E-state index in [9.17, 15) is 5.11 Å². The molecule has 1 fully saturated rings. The summed E-state index contributed by atoms with van der Waals surface area (Å²) in [6.07, 6.45) is 4.29. The average molecular weight is 217 g/mol. The van der Waals surface area contributed by atoms with Crippen LogP contribution in [0.3, 0.4) is 0 Å². The van der Waals surface area contributed by atoms with Gasteiger partial charge in [0.15, 0.2) is 0 Å². The van der Waals surface area contributed by atoms with E-state index in [2.05, 4.69) is 24.0 Å². The molecule has 1 rings (SSSR count). The van der Waals surface area contributed by atoms with Gasteiger partial charge in [0.25, 0.3) is 0 Å². The minimum Gasteiger partial charge on any atom is -0.393 e. The minimum atomic E-state index is -0.117. The van der Waals surface area contributed by atoms with Crippen molar-refractivity contribution in [3.63, 3.8) is 0 Å². The monoisotopic (exact) mass is 217 g/mol. The van der Waals surface area contributed by atoms with Crippen LogP contribution in [0.2, 0.25) is 0 Å². The van der Waals surface area contributed by atoms with Crippen molar-refractivity contribution in [3.05, 3.63) is 0 Å². The van der Waals surface area contributed by atoms with E-state index in [1.165, 1.54) is 18.6 Å². The maximum Gasteiger partial charge on any atom is 0.0549 e. The van der Waals surface area contributed by atoms with E-state index in [4.69, 9.17) is 0 Å². The number of nitrogens with one attached hydrogen (secondary N) is 1. The lowest BCUT2D eigenvalue weighted by Crippen LogP contribution is -2.40. The molecule has 14 heavy (non-hydrogen) atoms. The van der Waals surface area contributed by atoms with Gasteiger partial charge in [0.05, 0.1) is 6.10 Å². The van der Waals surface area contributed by atoms with Gasteiger partial charge in [0.2, 0.25) is 0 Å². The predicted molar refractivity (Wildman–Crippen MR) is 63.9 cm³/mol. The van der Waals surface area contributed by atoms with Crippen LogP contribution in [0.15, 0.2) is 0 Å². The van der Waals surface area contributed by atoms with Gasteiger partial charge >= 0.3 is 0 Å². The topological polar surface area (TPSA) is 32.3 Å². The molecule has 3 unspecified atom stereocenters. The van der Waals surface area contributed by atoms with Crippen LogP contribution in [0.4, 0.5) is 0 Å². The van der Waals surface area contributed by atoms with Crippen molar-refractivity contribution in [3.8, 4) is 0 Å². The van der Waals surface area contributed by atoms with Gasteiger partial charge in [-0.25, -0.2) is 0 Å². The number of thioether (sulfide) groups is 1. The van der Waals surface area contributed by atoms with Crippen molar-refractivity contribution in [1.29, 1.82) is 0 Å². The summed E-state index contributed by atoms with van der Waals surface area (Å²) in [6, 6.07) is 0.665. The molecule has 3 atom stereocenters. The van der Waals surface area contributed by atoms with Crippen molar-refractivity contribution in [1.82, 2.24) is 5.32 Å². The van der Waals surface area contributed by atoms with Gasteiger partial charge in [-0.2, -0.15) is 11.8 Å². The molecule has 1 saturated heterocycles. The summed E-state index contributed by atoms with van der Waals surface area (Å²) in [5.74, 6) is 1.32. The first-order valence-corrected chi connectivity index (χ1v) is 6.82. The third kappa shape index (κ3) is 4.20. The zero-order chi connectivity index (χ0) is 10.4. The van der Waals surface area contributed by atoms with Crippen molar-refractivity contribution in [2.75, 3.05) is 12.3 Å². The molecule has 0 bridgehead atoms. The Morgan fingerprint density at radius 3 is 3.00 bits per heavy atom. The number of aliphatic hydroxyl groups is 1. The van der Waals surface area contributed by atoms with E-state index in [-0.39, 0.29) is 6.10 Å². The van der Waals surface area contributed by atoms with Crippen LogP contribution in [0, 0.1) is 0 Å². The molecule has 0 aromatic heterocycles. The second kappa shape index (κ2) is 6.70. The zero-order valence-electron chi connectivity index (χ0n) is 9.33. The summed E-state index contributed by atoms with van der Waals surface area (Å²) < 4.78 is 0. The Bertz CT molecular complexity index is 154. The van der Waals surface area contributed by atoms with E-state index in [0.717, 1.165) is 24.6 Å². The molecular formula is C11H23NOS. The Kier molecular flexibility index (Phi) is 5.90. The van der Waals surface area contributed by atoms with Crippen molar-refractivity contribution in [2.45, 2.75) is 56.9 Å². The smallest absolute Gasteiger partial charge is 0.0549 e. The highest BCUT2D eigenvalue weighted by molar-refractivity contribution is 7.99. The molecule has 2 nitrogen and oxygen atoms in total. The van der Waals surface area contributed by atoms with Crippen LogP contribution in [-0.2, 0) is 0 Å². The highest BCUT2D eigenvalue weighted by Gasteiger charge is 2.20. The largest absolute Gasteiger partial charge is 0.393 e. The van der Waals surface area contributed by atoms with Gasteiger partial charge in [-0.15, -0.1) is 0 Å². The molecule has 0 saturated carbocycles. The maximum atomic E-state index is 9.41. The molecule has 0 aromatic carbocycles. The van der Waals surface area contributed by atoms with Gasteiger partial charge in [-0.3, -0.25) is 0 Å². The first-order chi connectivity index (χ1) is 6.74. The fourth-order valence-corrected chi connectivity index (χ4v) is 3.00. The van der Waals surface area contributed by atoms with E-state index in [0.29, 0.717) is 6.04 Å². The van der Waals surface area contributed by atoms with Gasteiger partial charge in [0.1, 0.15) is 0 Å². The molecule has 3 heteroatoms. The molecule has 0 spiro atoms. The highest BCUT2D eigenvalue weighted by atomic mass is 32.2. The van der Waals surface area contributed by atoms with Crippen LogP contribution in [0.1, 0.15) is 39.5 Å². The summed E-state index contributed by atoms with van der Waals surface area (Å²) in [6.45, 7) is 5.30. The lowest BCUT2D eigenvalue weighted by atomic mass is 10.1. The minimum absolute atomic E-state index is 0.117. The van der Waals surface area contributed by atoms with E-state index >= 15 is 0 Å². The van der Waals surface area contributed by atoms with Gasteiger partial charge in [-0.1, -0.05) is 13.8 Å². The highest BCUT2D eigenvalue weighted by Crippen LogP contribution is 2.24. The molecule has 2 N–H and O–H groups in total. The van der Waals surface area contributed by atoms with E-state index in [1.54, 1.807) is 0 Å². The SMILES string of the molecule is CCC(O)CCNC1CCCSC1C. The van der Waals surface area contributed by atoms with Gasteiger partial charge in [-0.05, 0) is 38.0 Å². The normalized spacial score (nSPS) is 30.2. The second-order valence-corrected chi connectivity index (χ2v) is 5.61. The Labute approximate surface area is 91.9 Å². The quantitative estimate of drug-likeness (QED) is 0.739. The Morgan fingerprint density at radius 1 is 1.57 bits per heavy atom. The summed E-state index contributed by atoms with van der Waals surface area (Å²) >= 11 is 2.07. The zero-order valence-corrected chi connectivity index (χ0v) is 10.1. The molecule has 84 valence electrons. The molecule has 1 heterocycles. The summed E-state index contributed by atoms with van der Waals surface area (Å²) in [4.78, 5) is 0. The molecule has 0 amide bonds. The third-order valence-corrected chi connectivity index (χ3v) is 4.34. The fourth-order valence-electron chi connectivity index (χ4n) is 1.83. The summed E-state index contributed by atoms with van der Waals surface area (Å²) in [7, 11) is 0. The fraction of sp³-hybridized carbons (Fsp3) is 1.00. The van der Waals surface area contributed by atoms with Crippen molar-refractivity contribution >= 4 is 11.8 Å². The van der Waals surface area contributed by atoms with Gasteiger partial charge < -0.3 is 10.4 Å². The second-order valence-electron chi connectivity index (χ2n) is 4.13. The first-order valence-electron chi connectivity index (χ1n) is 5.77. The standard InChI is InChI=1S/C11H23NOS/c1-3-10(13)6-7-12-11-5-4-8-14-9(11)2/h9-13H,3-8H2,1-2H3. The van der Waals surface area contributed by atoms with Crippen LogP contribution >= 0.6 is 11.8 Å². The number of hydrogen-bond acceptors (Lipinski definition) is 3. The summed E-state index contributed by atoms with van der Waals surface area (Å²) in [5, 5.41) is 13.7. The number of rotatable bonds is 5. The van der Waals surface area contributed by atoms with Crippen LogP contribution in [0.5, 0.6) is 0 Å². The maximum absolute atomic E-state index is 9.41. The van der Waals surface area contributed by atoms with Crippen LogP contribution in [-0.4, -0.2) is 34.8 Å². The Morgan fingerprint density at radius 2 is 2.36 bits per heavy atom. The third-order valence-electron chi connectivity index (χ3n) is 2.96. The van der Waals surface area contributed by atoms with Crippen molar-refractivity contribution in [2.24, 2.45) is 0 Å². The summed E-state index contributed by atoms with van der Waals surface area (Å²) in [5.41, 5.74) is 0. The lowest BCUT2D eigenvalue weighted by molar-refractivity contribution is 0.158. The molecule has 1 aliphatic rings. The van der Waals surface area contributed by atoms with Crippen molar-refractivity contribution < 1.29 is 5.11 Å². The van der Waals surface area contributed by atoms with E-state index in [1.807, 2.05) is 6.92 Å². The van der Waals surface area contributed by atoms with Crippen LogP contribution in [0.25, 0.3) is 0 Å². The lowest BCUT2D eigenvalue weighted by Gasteiger charge is -2.29. The number of aliphatic hydroxyl groups excluding tert-OH is 1.